The molecule has 22 heavy (non-hydrogen) atoms. The molecular weight excluding hydrogens is 284 g/mol. The van der Waals surface area contributed by atoms with E-state index in [1.807, 2.05) is 26.8 Å². The van der Waals surface area contributed by atoms with Crippen LogP contribution in [0.4, 0.5) is 10.6 Å². The Bertz CT molecular complexity index is 617. The molecule has 1 N–H and O–H groups in total. The van der Waals surface area contributed by atoms with Crippen LogP contribution in [0, 0.1) is 0 Å². The maximum Gasteiger partial charge on any atom is 0.416 e. The number of carbonyl (C=O) groups is 2. The number of nitrogens with zero attached hydrogens (tertiary/aromatic N) is 2. The number of hydrogen-bond donors (Lipinski definition) is 1. The minimum Gasteiger partial charge on any atom is -0.478 e. The van der Waals surface area contributed by atoms with Gasteiger partial charge in [0, 0.05) is 18.8 Å². The Morgan fingerprint density at radius 3 is 2.77 bits per heavy atom. The van der Waals surface area contributed by atoms with Gasteiger partial charge in [0.05, 0.1) is 0 Å². The van der Waals surface area contributed by atoms with Gasteiger partial charge in [0.2, 0.25) is 0 Å². The molecule has 0 aromatic carbocycles. The van der Waals surface area contributed by atoms with Crippen LogP contribution in [-0.4, -0.2) is 34.3 Å². The zero-order valence-corrected chi connectivity index (χ0v) is 13.0. The summed E-state index contributed by atoms with van der Waals surface area (Å²) in [6, 6.07) is 1.86. The second-order valence-corrected chi connectivity index (χ2v) is 6.16. The molecule has 0 fully saturated rings. The van der Waals surface area contributed by atoms with Crippen LogP contribution in [0.5, 0.6) is 0 Å². The molecule has 118 valence electrons. The van der Waals surface area contributed by atoms with Crippen LogP contribution < -0.4 is 4.90 Å². The lowest BCUT2D eigenvalue weighted by molar-refractivity contribution is -0.131. The van der Waals surface area contributed by atoms with Gasteiger partial charge in [0.1, 0.15) is 11.4 Å². The van der Waals surface area contributed by atoms with E-state index in [2.05, 4.69) is 4.98 Å². The summed E-state index contributed by atoms with van der Waals surface area (Å²) in [4.78, 5) is 28.7. The number of aliphatic carboxylic acids is 1. The van der Waals surface area contributed by atoms with Gasteiger partial charge in [-0.2, -0.15) is 0 Å². The summed E-state index contributed by atoms with van der Waals surface area (Å²) in [5, 5.41) is 8.66. The van der Waals surface area contributed by atoms with Crippen molar-refractivity contribution in [1.82, 2.24) is 4.98 Å². The van der Waals surface area contributed by atoms with Gasteiger partial charge in [-0.3, -0.25) is 4.90 Å². The Labute approximate surface area is 129 Å². The number of aromatic nitrogens is 1. The summed E-state index contributed by atoms with van der Waals surface area (Å²) in [5.74, 6) is -0.416. The highest BCUT2D eigenvalue weighted by atomic mass is 16.6. The third-order valence-electron chi connectivity index (χ3n) is 3.08. The number of pyridine rings is 1. The number of anilines is 1. The topological polar surface area (TPSA) is 79.7 Å². The first-order chi connectivity index (χ1) is 10.3. The summed E-state index contributed by atoms with van der Waals surface area (Å²) in [7, 11) is 0. The van der Waals surface area contributed by atoms with E-state index >= 15 is 0 Å². The van der Waals surface area contributed by atoms with Gasteiger partial charge in [-0.15, -0.1) is 0 Å². The fraction of sp³-hybridized carbons (Fsp3) is 0.438. The summed E-state index contributed by atoms with van der Waals surface area (Å²) >= 11 is 0. The minimum absolute atomic E-state index is 0.408. The monoisotopic (exact) mass is 304 g/mol. The van der Waals surface area contributed by atoms with Gasteiger partial charge in [0.25, 0.3) is 0 Å². The van der Waals surface area contributed by atoms with Crippen molar-refractivity contribution in [2.75, 3.05) is 11.4 Å². The molecule has 0 saturated carbocycles. The minimum atomic E-state index is -1.01. The fourth-order valence-corrected chi connectivity index (χ4v) is 2.24. The van der Waals surface area contributed by atoms with Gasteiger partial charge < -0.3 is 9.84 Å². The van der Waals surface area contributed by atoms with Gasteiger partial charge >= 0.3 is 12.1 Å². The van der Waals surface area contributed by atoms with E-state index < -0.39 is 17.7 Å². The fourth-order valence-electron chi connectivity index (χ4n) is 2.24. The van der Waals surface area contributed by atoms with E-state index in [9.17, 15) is 9.59 Å². The van der Waals surface area contributed by atoms with Crippen molar-refractivity contribution >= 4 is 24.0 Å². The van der Waals surface area contributed by atoms with Crippen molar-refractivity contribution in [1.29, 1.82) is 0 Å². The number of rotatable bonds is 2. The van der Waals surface area contributed by atoms with E-state index in [-0.39, 0.29) is 0 Å². The highest BCUT2D eigenvalue weighted by Crippen LogP contribution is 2.27. The normalized spacial score (nSPS) is 14.8. The Hall–Kier alpha value is -2.37. The molecule has 1 aliphatic rings. The molecule has 1 aromatic rings. The van der Waals surface area contributed by atoms with E-state index in [0.29, 0.717) is 17.9 Å². The van der Waals surface area contributed by atoms with E-state index in [0.717, 1.165) is 24.5 Å². The molecule has 0 bridgehead atoms. The third-order valence-corrected chi connectivity index (χ3v) is 3.08. The molecule has 0 unspecified atom stereocenters. The number of carbonyl (C=O) groups excluding carboxylic acids is 1. The van der Waals surface area contributed by atoms with E-state index in [4.69, 9.17) is 9.84 Å². The Kier molecular flexibility index (Phi) is 4.49. The molecule has 2 heterocycles. The summed E-state index contributed by atoms with van der Waals surface area (Å²) in [6.45, 7) is 6.04. The van der Waals surface area contributed by atoms with Crippen LogP contribution in [-0.2, 0) is 16.0 Å². The first-order valence-corrected chi connectivity index (χ1v) is 7.17. The van der Waals surface area contributed by atoms with Crippen molar-refractivity contribution in [3.8, 4) is 0 Å². The predicted octanol–water partition coefficient (Wildman–Crippen LogP) is 2.87. The molecule has 0 atom stereocenters. The highest BCUT2D eigenvalue weighted by Gasteiger charge is 2.28. The molecule has 2 rings (SSSR count). The van der Waals surface area contributed by atoms with E-state index in [1.54, 1.807) is 6.20 Å². The van der Waals surface area contributed by atoms with E-state index in [1.165, 1.54) is 11.0 Å². The Morgan fingerprint density at radius 1 is 1.41 bits per heavy atom. The molecular formula is C16H20N2O4. The first kappa shape index (κ1) is 16.0. The zero-order chi connectivity index (χ0) is 16.3. The van der Waals surface area contributed by atoms with Crippen LogP contribution in [0.25, 0.3) is 6.08 Å². The second kappa shape index (κ2) is 6.17. The number of carboxylic acid groups (broad SMARTS) is 1. The van der Waals surface area contributed by atoms with Crippen molar-refractivity contribution in [2.45, 2.75) is 39.2 Å². The average Bonchev–Trinajstić information content (AvgIpc) is 2.42. The van der Waals surface area contributed by atoms with Gasteiger partial charge in [0.15, 0.2) is 0 Å². The molecule has 1 aliphatic heterocycles. The number of hydrogen-bond acceptors (Lipinski definition) is 4. The molecule has 1 aromatic heterocycles. The van der Waals surface area contributed by atoms with Crippen LogP contribution in [0.1, 0.15) is 38.3 Å². The number of carboxylic acids is 1. The van der Waals surface area contributed by atoms with Crippen molar-refractivity contribution < 1.29 is 19.4 Å². The molecule has 0 spiro atoms. The Morgan fingerprint density at radius 2 is 2.14 bits per heavy atom. The average molecular weight is 304 g/mol. The maximum atomic E-state index is 12.2. The van der Waals surface area contributed by atoms with Gasteiger partial charge in [-0.05, 0) is 56.9 Å². The largest absolute Gasteiger partial charge is 0.478 e. The lowest BCUT2D eigenvalue weighted by Crippen LogP contribution is -2.40. The van der Waals surface area contributed by atoms with Gasteiger partial charge in [-0.25, -0.2) is 14.6 Å². The van der Waals surface area contributed by atoms with Crippen molar-refractivity contribution in [2.24, 2.45) is 0 Å². The highest BCUT2D eigenvalue weighted by molar-refractivity contribution is 5.89. The zero-order valence-electron chi connectivity index (χ0n) is 13.0. The first-order valence-electron chi connectivity index (χ1n) is 7.17. The summed E-state index contributed by atoms with van der Waals surface area (Å²) in [5.41, 5.74) is 1.07. The number of ether oxygens (including phenoxy) is 1. The molecule has 0 aliphatic carbocycles. The maximum absolute atomic E-state index is 12.2. The Balaban J connectivity index is 2.24. The molecule has 6 heteroatoms. The number of fused-ring (bicyclic) bond motifs is 1. The smallest absolute Gasteiger partial charge is 0.416 e. The van der Waals surface area contributed by atoms with Crippen LogP contribution >= 0.6 is 0 Å². The number of amides is 1. The molecule has 6 nitrogen and oxygen atoms in total. The predicted molar refractivity (Wildman–Crippen MR) is 82.8 cm³/mol. The van der Waals surface area contributed by atoms with Crippen LogP contribution in [0.3, 0.4) is 0 Å². The van der Waals surface area contributed by atoms with Crippen molar-refractivity contribution in [3.63, 3.8) is 0 Å². The second-order valence-electron chi connectivity index (χ2n) is 6.16. The lowest BCUT2D eigenvalue weighted by atomic mass is 10.0. The van der Waals surface area contributed by atoms with Gasteiger partial charge in [-0.1, -0.05) is 0 Å². The van der Waals surface area contributed by atoms with Crippen molar-refractivity contribution in [3.05, 3.63) is 29.5 Å². The van der Waals surface area contributed by atoms with Crippen LogP contribution in [0.2, 0.25) is 0 Å². The molecule has 0 radical (unpaired) electrons. The lowest BCUT2D eigenvalue weighted by Gasteiger charge is -2.30. The standard InChI is InChI=1S/C16H20N2O4/c1-16(2,3)22-15(21)18-8-4-5-12-9-11(6-7-13(19)20)10-17-14(12)18/h6-7,9-10H,4-5,8H2,1-3H3,(H,19,20)/b7-6+. The third kappa shape index (κ3) is 4.07. The summed E-state index contributed by atoms with van der Waals surface area (Å²) < 4.78 is 5.40. The van der Waals surface area contributed by atoms with Crippen LogP contribution in [0.15, 0.2) is 18.3 Å². The number of aryl methyl sites for hydroxylation is 1. The molecule has 0 saturated heterocycles. The quantitative estimate of drug-likeness (QED) is 0.850. The molecule has 1 amide bonds. The SMILES string of the molecule is CC(C)(C)OC(=O)N1CCCc2cc(/C=C/C(=O)O)cnc21. The summed E-state index contributed by atoms with van der Waals surface area (Å²) in [6.07, 6.45) is 5.33.